The van der Waals surface area contributed by atoms with E-state index in [4.69, 9.17) is 14.2 Å². The Balaban J connectivity index is 1.59. The Morgan fingerprint density at radius 1 is 1.16 bits per heavy atom. The van der Waals surface area contributed by atoms with Gasteiger partial charge in [-0.3, -0.25) is 0 Å². The van der Waals surface area contributed by atoms with Gasteiger partial charge in [0, 0.05) is 0 Å². The molecule has 1 heterocycles. The molecule has 0 unspecified atom stereocenters. The first kappa shape index (κ1) is 17.3. The van der Waals surface area contributed by atoms with E-state index in [2.05, 4.69) is 6.92 Å². The number of hydrogen-bond donors (Lipinski definition) is 1. The summed E-state index contributed by atoms with van der Waals surface area (Å²) in [4.78, 5) is 12.2. The third kappa shape index (κ3) is 3.94. The topological polar surface area (TPSA) is 65.0 Å². The van der Waals surface area contributed by atoms with Crippen LogP contribution < -0.4 is 9.47 Å². The van der Waals surface area contributed by atoms with Crippen LogP contribution in [-0.4, -0.2) is 30.9 Å². The molecule has 1 saturated heterocycles. The first-order valence-electron chi connectivity index (χ1n) is 8.34. The number of phenols is 1. The minimum atomic E-state index is -0.450. The number of ether oxygens (including phenoxy) is 3. The molecule has 1 aliphatic heterocycles. The molecule has 0 bridgehead atoms. The first-order chi connectivity index (χ1) is 12.0. The van der Waals surface area contributed by atoms with Crippen LogP contribution in [0.2, 0.25) is 0 Å². The van der Waals surface area contributed by atoms with Gasteiger partial charge >= 0.3 is 5.97 Å². The zero-order valence-electron chi connectivity index (χ0n) is 14.5. The van der Waals surface area contributed by atoms with Crippen LogP contribution in [0.5, 0.6) is 17.2 Å². The molecule has 0 radical (unpaired) electrons. The van der Waals surface area contributed by atoms with Gasteiger partial charge in [-0.15, -0.1) is 0 Å². The van der Waals surface area contributed by atoms with Crippen molar-refractivity contribution in [3.8, 4) is 17.2 Å². The minimum absolute atomic E-state index is 0.119. The molecular weight excluding hydrogens is 320 g/mol. The Hall–Kier alpha value is -2.53. The summed E-state index contributed by atoms with van der Waals surface area (Å²) in [5, 5.41) is 9.51. The summed E-state index contributed by atoms with van der Waals surface area (Å²) >= 11 is 0. The van der Waals surface area contributed by atoms with Crippen LogP contribution in [0.4, 0.5) is 0 Å². The maximum atomic E-state index is 12.2. The molecule has 0 spiro atoms. The Morgan fingerprint density at radius 3 is 2.40 bits per heavy atom. The summed E-state index contributed by atoms with van der Waals surface area (Å²) in [6.45, 7) is 5.96. The molecule has 25 heavy (non-hydrogen) atoms. The third-order valence-electron chi connectivity index (χ3n) is 4.58. The molecular formula is C20H22O5. The van der Waals surface area contributed by atoms with E-state index in [1.807, 2.05) is 0 Å². The van der Waals surface area contributed by atoms with Gasteiger partial charge in [-0.2, -0.15) is 0 Å². The molecule has 0 aliphatic carbocycles. The Bertz CT molecular complexity index is 742. The van der Waals surface area contributed by atoms with Gasteiger partial charge in [0.1, 0.15) is 17.2 Å². The minimum Gasteiger partial charge on any atom is -0.508 e. The third-order valence-corrected chi connectivity index (χ3v) is 4.58. The van der Waals surface area contributed by atoms with E-state index in [0.29, 0.717) is 23.5 Å². The predicted molar refractivity (Wildman–Crippen MR) is 93.3 cm³/mol. The average Bonchev–Trinajstić information content (AvgIpc) is 2.58. The van der Waals surface area contributed by atoms with Crippen molar-refractivity contribution in [3.05, 3.63) is 53.6 Å². The highest BCUT2D eigenvalue weighted by atomic mass is 16.5. The Morgan fingerprint density at radius 2 is 1.84 bits per heavy atom. The summed E-state index contributed by atoms with van der Waals surface area (Å²) in [6, 6.07) is 11.6. The van der Waals surface area contributed by atoms with Crippen molar-refractivity contribution in [2.75, 3.05) is 19.8 Å². The lowest BCUT2D eigenvalue weighted by Gasteiger charge is -2.40. The summed E-state index contributed by atoms with van der Waals surface area (Å²) in [7, 11) is 0. The number of carbonyl (C=O) groups is 1. The molecule has 0 amide bonds. The van der Waals surface area contributed by atoms with Gasteiger partial charge < -0.3 is 19.3 Å². The largest absolute Gasteiger partial charge is 0.508 e. The van der Waals surface area contributed by atoms with E-state index < -0.39 is 5.97 Å². The van der Waals surface area contributed by atoms with Gasteiger partial charge in [0.05, 0.1) is 30.8 Å². The molecule has 5 nitrogen and oxygen atoms in total. The number of benzene rings is 2. The van der Waals surface area contributed by atoms with Crippen LogP contribution in [0.25, 0.3) is 0 Å². The summed E-state index contributed by atoms with van der Waals surface area (Å²) in [5.41, 5.74) is 1.21. The van der Waals surface area contributed by atoms with Crippen LogP contribution in [-0.2, 0) is 4.74 Å². The molecule has 1 N–H and O–H groups in total. The molecule has 132 valence electrons. The van der Waals surface area contributed by atoms with Crippen LogP contribution in [0.3, 0.4) is 0 Å². The zero-order valence-corrected chi connectivity index (χ0v) is 14.5. The highest BCUT2D eigenvalue weighted by Crippen LogP contribution is 2.32. The SMILES string of the molecule is CCC1(COc2ccc(C(=O)Oc3ccc(O)c(C)c3)cc2)COC1. The lowest BCUT2D eigenvalue weighted by Crippen LogP contribution is -2.46. The first-order valence-corrected chi connectivity index (χ1v) is 8.34. The predicted octanol–water partition coefficient (Wildman–Crippen LogP) is 3.73. The molecule has 1 aliphatic rings. The number of phenolic OH excluding ortho intramolecular Hbond substituents is 1. The standard InChI is InChI=1S/C20H22O5/c1-3-20(11-23-12-20)13-24-16-6-4-15(5-7-16)19(22)25-17-8-9-18(21)14(2)10-17/h4-10,21H,3,11-13H2,1-2H3. The van der Waals surface area contributed by atoms with Crippen LogP contribution >= 0.6 is 0 Å². The van der Waals surface area contributed by atoms with Gasteiger partial charge in [-0.05, 0) is 61.4 Å². The second-order valence-electron chi connectivity index (χ2n) is 6.50. The molecule has 2 aromatic carbocycles. The molecule has 3 rings (SSSR count). The van der Waals surface area contributed by atoms with E-state index >= 15 is 0 Å². The Labute approximate surface area is 147 Å². The van der Waals surface area contributed by atoms with Gasteiger partial charge in [0.2, 0.25) is 0 Å². The summed E-state index contributed by atoms with van der Waals surface area (Å²) in [6.07, 6.45) is 1.02. The fourth-order valence-corrected chi connectivity index (χ4v) is 2.56. The quantitative estimate of drug-likeness (QED) is 0.640. The molecule has 0 aromatic heterocycles. The summed E-state index contributed by atoms with van der Waals surface area (Å²) in [5.74, 6) is 0.837. The highest BCUT2D eigenvalue weighted by molar-refractivity contribution is 5.91. The van der Waals surface area contributed by atoms with E-state index in [0.717, 1.165) is 25.4 Å². The van der Waals surface area contributed by atoms with Gasteiger partial charge in [-0.1, -0.05) is 6.92 Å². The van der Waals surface area contributed by atoms with Crippen LogP contribution in [0.1, 0.15) is 29.3 Å². The second kappa shape index (κ2) is 7.15. The molecule has 1 fully saturated rings. The van der Waals surface area contributed by atoms with E-state index in [1.165, 1.54) is 6.07 Å². The molecule has 0 atom stereocenters. The van der Waals surface area contributed by atoms with E-state index in [9.17, 15) is 9.90 Å². The van der Waals surface area contributed by atoms with Crippen molar-refractivity contribution >= 4 is 5.97 Å². The summed E-state index contributed by atoms with van der Waals surface area (Å²) < 4.78 is 16.4. The number of esters is 1. The van der Waals surface area contributed by atoms with Crippen LogP contribution in [0, 0.1) is 12.3 Å². The van der Waals surface area contributed by atoms with Gasteiger partial charge in [-0.25, -0.2) is 4.79 Å². The maximum absolute atomic E-state index is 12.2. The average molecular weight is 342 g/mol. The van der Waals surface area contributed by atoms with E-state index in [-0.39, 0.29) is 11.2 Å². The second-order valence-corrected chi connectivity index (χ2v) is 6.50. The van der Waals surface area contributed by atoms with Crippen LogP contribution in [0.15, 0.2) is 42.5 Å². The normalized spacial score (nSPS) is 15.3. The zero-order chi connectivity index (χ0) is 17.9. The number of aromatic hydroxyl groups is 1. The van der Waals surface area contributed by atoms with Crippen molar-refractivity contribution in [2.45, 2.75) is 20.3 Å². The maximum Gasteiger partial charge on any atom is 0.343 e. The van der Waals surface area contributed by atoms with Crippen molar-refractivity contribution in [1.82, 2.24) is 0 Å². The molecule has 2 aromatic rings. The molecule has 0 saturated carbocycles. The lowest BCUT2D eigenvalue weighted by atomic mass is 9.84. The number of rotatable bonds is 6. The van der Waals surface area contributed by atoms with E-state index in [1.54, 1.807) is 43.3 Å². The number of aryl methyl sites for hydroxylation is 1. The molecule has 5 heteroatoms. The fourth-order valence-electron chi connectivity index (χ4n) is 2.56. The van der Waals surface area contributed by atoms with Gasteiger partial charge in [0.15, 0.2) is 0 Å². The number of hydrogen-bond acceptors (Lipinski definition) is 5. The van der Waals surface area contributed by atoms with Gasteiger partial charge in [0.25, 0.3) is 0 Å². The fraction of sp³-hybridized carbons (Fsp3) is 0.350. The van der Waals surface area contributed by atoms with Crippen molar-refractivity contribution in [1.29, 1.82) is 0 Å². The smallest absolute Gasteiger partial charge is 0.343 e. The highest BCUT2D eigenvalue weighted by Gasteiger charge is 2.37. The Kier molecular flexibility index (Phi) is 4.95. The van der Waals surface area contributed by atoms with Crippen molar-refractivity contribution in [3.63, 3.8) is 0 Å². The van der Waals surface area contributed by atoms with Crippen molar-refractivity contribution < 1.29 is 24.1 Å². The monoisotopic (exact) mass is 342 g/mol. The lowest BCUT2D eigenvalue weighted by molar-refractivity contribution is -0.133. The van der Waals surface area contributed by atoms with Crippen molar-refractivity contribution in [2.24, 2.45) is 5.41 Å². The number of carbonyl (C=O) groups excluding carboxylic acids is 1.